The summed E-state index contributed by atoms with van der Waals surface area (Å²) in [5.41, 5.74) is 7.13. The van der Waals surface area contributed by atoms with Gasteiger partial charge in [0.15, 0.2) is 0 Å². The van der Waals surface area contributed by atoms with Crippen molar-refractivity contribution in [2.24, 2.45) is 11.7 Å². The Morgan fingerprint density at radius 2 is 2.00 bits per heavy atom. The predicted molar refractivity (Wildman–Crippen MR) is 79.2 cm³/mol. The normalized spacial score (nSPS) is 19.2. The van der Waals surface area contributed by atoms with E-state index in [9.17, 15) is 0 Å². The molecule has 2 N–H and O–H groups in total. The van der Waals surface area contributed by atoms with Crippen LogP contribution in [0.2, 0.25) is 0 Å². The maximum atomic E-state index is 5.72. The van der Waals surface area contributed by atoms with E-state index in [1.807, 2.05) is 0 Å². The van der Waals surface area contributed by atoms with Gasteiger partial charge in [0.05, 0.1) is 0 Å². The van der Waals surface area contributed by atoms with Crippen molar-refractivity contribution in [2.45, 2.75) is 19.3 Å². The SMILES string of the molecule is NCCN(CCc1ccccc1)CCC1CCOC1. The summed E-state index contributed by atoms with van der Waals surface area (Å²) in [6.07, 6.45) is 3.59. The molecule has 0 bridgehead atoms. The van der Waals surface area contributed by atoms with Crippen molar-refractivity contribution in [3.8, 4) is 0 Å². The van der Waals surface area contributed by atoms with Gasteiger partial charge in [-0.1, -0.05) is 30.3 Å². The number of nitrogens with zero attached hydrogens (tertiary/aromatic N) is 1. The van der Waals surface area contributed by atoms with Crippen molar-refractivity contribution in [3.63, 3.8) is 0 Å². The van der Waals surface area contributed by atoms with Gasteiger partial charge >= 0.3 is 0 Å². The van der Waals surface area contributed by atoms with E-state index in [0.717, 1.165) is 51.7 Å². The Morgan fingerprint density at radius 3 is 2.68 bits per heavy atom. The third kappa shape index (κ3) is 5.31. The van der Waals surface area contributed by atoms with Crippen LogP contribution in [0.15, 0.2) is 30.3 Å². The molecule has 19 heavy (non-hydrogen) atoms. The molecular weight excluding hydrogens is 236 g/mol. The first-order valence-corrected chi connectivity index (χ1v) is 7.42. The van der Waals surface area contributed by atoms with E-state index < -0.39 is 0 Å². The van der Waals surface area contributed by atoms with Crippen LogP contribution in [0.4, 0.5) is 0 Å². The molecule has 0 radical (unpaired) electrons. The predicted octanol–water partition coefficient (Wildman–Crippen LogP) is 1.92. The van der Waals surface area contributed by atoms with E-state index >= 15 is 0 Å². The van der Waals surface area contributed by atoms with Crippen molar-refractivity contribution in [1.82, 2.24) is 4.90 Å². The van der Waals surface area contributed by atoms with Crippen molar-refractivity contribution < 1.29 is 4.74 Å². The van der Waals surface area contributed by atoms with E-state index in [-0.39, 0.29) is 0 Å². The Balaban J connectivity index is 1.72. The molecule has 1 atom stereocenters. The summed E-state index contributed by atoms with van der Waals surface area (Å²) in [7, 11) is 0. The fourth-order valence-corrected chi connectivity index (χ4v) is 2.63. The molecule has 1 aliphatic rings. The second kappa shape index (κ2) is 8.31. The van der Waals surface area contributed by atoms with Crippen LogP contribution in [-0.2, 0) is 11.2 Å². The Kier molecular flexibility index (Phi) is 6.34. The molecule has 0 spiro atoms. The second-order valence-corrected chi connectivity index (χ2v) is 5.38. The van der Waals surface area contributed by atoms with Gasteiger partial charge in [-0.2, -0.15) is 0 Å². The van der Waals surface area contributed by atoms with Gasteiger partial charge in [-0.05, 0) is 37.3 Å². The average Bonchev–Trinajstić information content (AvgIpc) is 2.96. The van der Waals surface area contributed by atoms with Crippen LogP contribution >= 0.6 is 0 Å². The number of nitrogens with two attached hydrogens (primary N) is 1. The Hall–Kier alpha value is -0.900. The zero-order valence-electron chi connectivity index (χ0n) is 11.8. The van der Waals surface area contributed by atoms with Crippen molar-refractivity contribution >= 4 is 0 Å². The first-order chi connectivity index (χ1) is 9.38. The fraction of sp³-hybridized carbons (Fsp3) is 0.625. The van der Waals surface area contributed by atoms with Crippen LogP contribution < -0.4 is 5.73 Å². The molecule has 0 saturated carbocycles. The lowest BCUT2D eigenvalue weighted by Gasteiger charge is -2.23. The van der Waals surface area contributed by atoms with Gasteiger partial charge in [-0.15, -0.1) is 0 Å². The zero-order chi connectivity index (χ0) is 13.3. The molecule has 2 rings (SSSR count). The highest BCUT2D eigenvalue weighted by molar-refractivity contribution is 5.14. The molecule has 1 aliphatic heterocycles. The molecule has 1 fully saturated rings. The lowest BCUT2D eigenvalue weighted by Crippen LogP contribution is -2.33. The zero-order valence-corrected chi connectivity index (χ0v) is 11.8. The molecule has 0 aromatic heterocycles. The molecule has 1 aromatic rings. The molecule has 1 saturated heterocycles. The standard InChI is InChI=1S/C16H26N2O/c17-9-12-18(11-7-16-8-13-19-14-16)10-6-15-4-2-1-3-5-15/h1-5,16H,6-14,17H2. The second-order valence-electron chi connectivity index (χ2n) is 5.38. The molecule has 0 aliphatic carbocycles. The quantitative estimate of drug-likeness (QED) is 0.778. The lowest BCUT2D eigenvalue weighted by atomic mass is 10.0. The number of hydrogen-bond donors (Lipinski definition) is 1. The molecule has 1 aromatic carbocycles. The van der Waals surface area contributed by atoms with E-state index in [4.69, 9.17) is 10.5 Å². The Labute approximate surface area is 116 Å². The first-order valence-electron chi connectivity index (χ1n) is 7.42. The van der Waals surface area contributed by atoms with E-state index in [1.54, 1.807) is 0 Å². The van der Waals surface area contributed by atoms with E-state index in [2.05, 4.69) is 35.2 Å². The molecular formula is C16H26N2O. The summed E-state index contributed by atoms with van der Waals surface area (Å²) < 4.78 is 5.44. The van der Waals surface area contributed by atoms with Gasteiger partial charge in [0, 0.05) is 32.8 Å². The highest BCUT2D eigenvalue weighted by Gasteiger charge is 2.16. The van der Waals surface area contributed by atoms with Gasteiger partial charge in [-0.25, -0.2) is 0 Å². The largest absolute Gasteiger partial charge is 0.381 e. The minimum atomic E-state index is 0.746. The van der Waals surface area contributed by atoms with Crippen molar-refractivity contribution in [1.29, 1.82) is 0 Å². The number of hydrogen-bond acceptors (Lipinski definition) is 3. The van der Waals surface area contributed by atoms with Gasteiger partial charge in [0.25, 0.3) is 0 Å². The lowest BCUT2D eigenvalue weighted by molar-refractivity contribution is 0.178. The van der Waals surface area contributed by atoms with Crippen LogP contribution in [0.3, 0.4) is 0 Å². The van der Waals surface area contributed by atoms with Crippen LogP contribution in [-0.4, -0.2) is 44.3 Å². The Morgan fingerprint density at radius 1 is 1.16 bits per heavy atom. The van der Waals surface area contributed by atoms with E-state index in [0.29, 0.717) is 0 Å². The molecule has 0 amide bonds. The van der Waals surface area contributed by atoms with Gasteiger partial charge in [0.2, 0.25) is 0 Å². The van der Waals surface area contributed by atoms with E-state index in [1.165, 1.54) is 18.4 Å². The van der Waals surface area contributed by atoms with Gasteiger partial charge < -0.3 is 15.4 Å². The summed E-state index contributed by atoms with van der Waals surface area (Å²) in [4.78, 5) is 2.49. The van der Waals surface area contributed by atoms with Crippen LogP contribution in [0.1, 0.15) is 18.4 Å². The van der Waals surface area contributed by atoms with Gasteiger partial charge in [-0.3, -0.25) is 0 Å². The maximum Gasteiger partial charge on any atom is 0.0495 e. The minimum Gasteiger partial charge on any atom is -0.381 e. The monoisotopic (exact) mass is 262 g/mol. The smallest absolute Gasteiger partial charge is 0.0495 e. The summed E-state index contributed by atoms with van der Waals surface area (Å²) in [5.74, 6) is 0.761. The van der Waals surface area contributed by atoms with Crippen LogP contribution in [0, 0.1) is 5.92 Å². The molecule has 106 valence electrons. The Bertz CT molecular complexity index is 336. The topological polar surface area (TPSA) is 38.5 Å². The summed E-state index contributed by atoms with van der Waals surface area (Å²) in [5, 5.41) is 0. The molecule has 3 heteroatoms. The summed E-state index contributed by atoms with van der Waals surface area (Å²) in [6, 6.07) is 10.7. The third-order valence-electron chi connectivity index (χ3n) is 3.88. The van der Waals surface area contributed by atoms with Gasteiger partial charge in [0.1, 0.15) is 0 Å². The van der Waals surface area contributed by atoms with Crippen molar-refractivity contribution in [3.05, 3.63) is 35.9 Å². The van der Waals surface area contributed by atoms with Crippen molar-refractivity contribution in [2.75, 3.05) is 39.4 Å². The summed E-state index contributed by atoms with van der Waals surface area (Å²) in [6.45, 7) is 5.91. The maximum absolute atomic E-state index is 5.72. The third-order valence-corrected chi connectivity index (χ3v) is 3.88. The molecule has 1 heterocycles. The van der Waals surface area contributed by atoms with Crippen LogP contribution in [0.5, 0.6) is 0 Å². The number of benzene rings is 1. The highest BCUT2D eigenvalue weighted by Crippen LogP contribution is 2.16. The average molecular weight is 262 g/mol. The first kappa shape index (κ1) is 14.5. The minimum absolute atomic E-state index is 0.746. The molecule has 1 unspecified atom stereocenters. The number of rotatable bonds is 8. The number of ether oxygens (including phenoxy) is 1. The highest BCUT2D eigenvalue weighted by atomic mass is 16.5. The fourth-order valence-electron chi connectivity index (χ4n) is 2.63. The molecule has 3 nitrogen and oxygen atoms in total. The summed E-state index contributed by atoms with van der Waals surface area (Å²) >= 11 is 0. The van der Waals surface area contributed by atoms with Crippen LogP contribution in [0.25, 0.3) is 0 Å².